The minimum absolute atomic E-state index is 0.0755. The lowest BCUT2D eigenvalue weighted by atomic mass is 10.2. The SMILES string of the molecule is O=C(O)c1cccc(CCCCO)n1. The van der Waals surface area contributed by atoms with Crippen molar-refractivity contribution in [2.45, 2.75) is 19.3 Å². The van der Waals surface area contributed by atoms with Crippen LogP contribution in [0.4, 0.5) is 0 Å². The molecular formula is C10H13NO3. The van der Waals surface area contributed by atoms with Gasteiger partial charge in [-0.15, -0.1) is 0 Å². The molecule has 0 radical (unpaired) electrons. The standard InChI is InChI=1S/C10H13NO3/c12-7-2-1-4-8-5-3-6-9(11-8)10(13)14/h3,5-6,12H,1-2,4,7H2,(H,13,14). The molecule has 0 aliphatic rings. The number of aliphatic hydroxyl groups is 1. The molecular weight excluding hydrogens is 182 g/mol. The number of aromatic carboxylic acids is 1. The molecule has 0 fully saturated rings. The zero-order chi connectivity index (χ0) is 10.4. The Morgan fingerprint density at radius 2 is 2.14 bits per heavy atom. The molecule has 0 aliphatic carbocycles. The number of carbonyl (C=O) groups is 1. The van der Waals surface area contributed by atoms with Crippen LogP contribution in [0.15, 0.2) is 18.2 Å². The number of aromatic nitrogens is 1. The van der Waals surface area contributed by atoms with Crippen LogP contribution in [-0.4, -0.2) is 27.8 Å². The maximum atomic E-state index is 10.6. The molecule has 1 heterocycles. The number of aliphatic hydroxyl groups excluding tert-OH is 1. The third-order valence-corrected chi connectivity index (χ3v) is 1.87. The first-order valence-corrected chi connectivity index (χ1v) is 4.54. The van der Waals surface area contributed by atoms with Crippen molar-refractivity contribution in [3.05, 3.63) is 29.6 Å². The third-order valence-electron chi connectivity index (χ3n) is 1.87. The molecule has 4 heteroatoms. The van der Waals surface area contributed by atoms with E-state index >= 15 is 0 Å². The molecule has 2 N–H and O–H groups in total. The van der Waals surface area contributed by atoms with Gasteiger partial charge >= 0.3 is 5.97 Å². The summed E-state index contributed by atoms with van der Waals surface area (Å²) >= 11 is 0. The lowest BCUT2D eigenvalue weighted by Gasteiger charge is -2.00. The molecule has 14 heavy (non-hydrogen) atoms. The van der Waals surface area contributed by atoms with Gasteiger partial charge in [-0.05, 0) is 31.4 Å². The van der Waals surface area contributed by atoms with Gasteiger partial charge in [0.15, 0.2) is 0 Å². The molecule has 0 aliphatic heterocycles. The Hall–Kier alpha value is -1.42. The first-order chi connectivity index (χ1) is 6.74. The highest BCUT2D eigenvalue weighted by molar-refractivity contribution is 5.85. The predicted octanol–water partition coefficient (Wildman–Crippen LogP) is 1.09. The van der Waals surface area contributed by atoms with Crippen LogP contribution in [0, 0.1) is 0 Å². The summed E-state index contributed by atoms with van der Waals surface area (Å²) in [5.74, 6) is -1.01. The number of hydrogen-bond donors (Lipinski definition) is 2. The van der Waals surface area contributed by atoms with Crippen molar-refractivity contribution >= 4 is 5.97 Å². The fraction of sp³-hybridized carbons (Fsp3) is 0.400. The Kier molecular flexibility index (Phi) is 4.07. The van der Waals surface area contributed by atoms with E-state index in [9.17, 15) is 4.79 Å². The van der Waals surface area contributed by atoms with Crippen molar-refractivity contribution in [1.29, 1.82) is 0 Å². The summed E-state index contributed by atoms with van der Waals surface area (Å²) in [4.78, 5) is 14.5. The van der Waals surface area contributed by atoms with Gasteiger partial charge in [-0.25, -0.2) is 9.78 Å². The van der Waals surface area contributed by atoms with Crippen molar-refractivity contribution in [3.63, 3.8) is 0 Å². The average Bonchev–Trinajstić information content (AvgIpc) is 2.19. The van der Waals surface area contributed by atoms with Crippen LogP contribution in [0.1, 0.15) is 29.0 Å². The molecule has 76 valence electrons. The van der Waals surface area contributed by atoms with Crippen molar-refractivity contribution in [2.75, 3.05) is 6.61 Å². The Balaban J connectivity index is 2.59. The van der Waals surface area contributed by atoms with E-state index in [1.54, 1.807) is 12.1 Å². The molecule has 0 aromatic carbocycles. The normalized spacial score (nSPS) is 10.1. The smallest absolute Gasteiger partial charge is 0.354 e. The summed E-state index contributed by atoms with van der Waals surface area (Å²) in [6.45, 7) is 0.165. The largest absolute Gasteiger partial charge is 0.477 e. The summed E-state index contributed by atoms with van der Waals surface area (Å²) in [6, 6.07) is 4.95. The molecule has 0 bridgehead atoms. The Morgan fingerprint density at radius 1 is 1.36 bits per heavy atom. The van der Waals surface area contributed by atoms with Gasteiger partial charge < -0.3 is 10.2 Å². The second-order valence-electron chi connectivity index (χ2n) is 3.00. The molecule has 1 rings (SSSR count). The highest BCUT2D eigenvalue weighted by Gasteiger charge is 2.04. The number of rotatable bonds is 5. The number of carboxylic acid groups (broad SMARTS) is 1. The Bertz CT molecular complexity index is 312. The van der Waals surface area contributed by atoms with Crippen molar-refractivity contribution in [1.82, 2.24) is 4.98 Å². The van der Waals surface area contributed by atoms with E-state index in [1.807, 2.05) is 0 Å². The monoisotopic (exact) mass is 195 g/mol. The van der Waals surface area contributed by atoms with Crippen LogP contribution in [0.25, 0.3) is 0 Å². The maximum Gasteiger partial charge on any atom is 0.354 e. The van der Waals surface area contributed by atoms with Gasteiger partial charge in [0.2, 0.25) is 0 Å². The van der Waals surface area contributed by atoms with Gasteiger partial charge in [0, 0.05) is 12.3 Å². The van der Waals surface area contributed by atoms with E-state index in [-0.39, 0.29) is 12.3 Å². The first-order valence-electron chi connectivity index (χ1n) is 4.54. The highest BCUT2D eigenvalue weighted by Crippen LogP contribution is 2.03. The molecule has 0 saturated carbocycles. The van der Waals surface area contributed by atoms with Crippen molar-refractivity contribution < 1.29 is 15.0 Å². The molecule has 0 amide bonds. The van der Waals surface area contributed by atoms with Gasteiger partial charge in [0.25, 0.3) is 0 Å². The zero-order valence-corrected chi connectivity index (χ0v) is 7.81. The van der Waals surface area contributed by atoms with Gasteiger partial charge in [-0.3, -0.25) is 0 Å². The Labute approximate surface area is 82.2 Å². The molecule has 0 unspecified atom stereocenters. The van der Waals surface area contributed by atoms with Gasteiger partial charge in [-0.2, -0.15) is 0 Å². The van der Waals surface area contributed by atoms with Crippen LogP contribution >= 0.6 is 0 Å². The first kappa shape index (κ1) is 10.7. The van der Waals surface area contributed by atoms with Gasteiger partial charge in [0.05, 0.1) is 0 Å². The Morgan fingerprint density at radius 3 is 2.79 bits per heavy atom. The molecule has 1 aromatic heterocycles. The van der Waals surface area contributed by atoms with Crippen LogP contribution in [-0.2, 0) is 6.42 Å². The lowest BCUT2D eigenvalue weighted by Crippen LogP contribution is -2.02. The molecule has 4 nitrogen and oxygen atoms in total. The number of hydrogen-bond acceptors (Lipinski definition) is 3. The topological polar surface area (TPSA) is 70.4 Å². The minimum Gasteiger partial charge on any atom is -0.477 e. The maximum absolute atomic E-state index is 10.6. The fourth-order valence-electron chi connectivity index (χ4n) is 1.16. The van der Waals surface area contributed by atoms with E-state index in [2.05, 4.69) is 4.98 Å². The van der Waals surface area contributed by atoms with Crippen LogP contribution in [0.5, 0.6) is 0 Å². The summed E-state index contributed by atoms with van der Waals surface area (Å²) in [6.07, 6.45) is 2.26. The van der Waals surface area contributed by atoms with Crippen LogP contribution in [0.3, 0.4) is 0 Å². The van der Waals surface area contributed by atoms with E-state index in [1.165, 1.54) is 6.07 Å². The molecule has 1 aromatic rings. The second-order valence-corrected chi connectivity index (χ2v) is 3.00. The molecule has 0 atom stereocenters. The quantitative estimate of drug-likeness (QED) is 0.690. The van der Waals surface area contributed by atoms with E-state index in [4.69, 9.17) is 10.2 Å². The van der Waals surface area contributed by atoms with E-state index < -0.39 is 5.97 Å². The minimum atomic E-state index is -1.01. The number of carboxylic acids is 1. The lowest BCUT2D eigenvalue weighted by molar-refractivity contribution is 0.0690. The fourth-order valence-corrected chi connectivity index (χ4v) is 1.16. The van der Waals surface area contributed by atoms with Crippen LogP contribution < -0.4 is 0 Å². The number of nitrogens with zero attached hydrogens (tertiary/aromatic N) is 1. The van der Waals surface area contributed by atoms with E-state index in [0.29, 0.717) is 6.42 Å². The summed E-state index contributed by atoms with van der Waals surface area (Å²) < 4.78 is 0. The summed E-state index contributed by atoms with van der Waals surface area (Å²) in [7, 11) is 0. The van der Waals surface area contributed by atoms with Crippen molar-refractivity contribution in [3.8, 4) is 0 Å². The number of pyridine rings is 1. The second kappa shape index (κ2) is 5.34. The number of aryl methyl sites for hydroxylation is 1. The van der Waals surface area contributed by atoms with Gasteiger partial charge in [0.1, 0.15) is 5.69 Å². The van der Waals surface area contributed by atoms with Gasteiger partial charge in [-0.1, -0.05) is 6.07 Å². The average molecular weight is 195 g/mol. The number of unbranched alkanes of at least 4 members (excludes halogenated alkanes) is 1. The summed E-state index contributed by atoms with van der Waals surface area (Å²) in [5, 5.41) is 17.3. The molecule has 0 spiro atoms. The zero-order valence-electron chi connectivity index (χ0n) is 7.81. The van der Waals surface area contributed by atoms with Crippen molar-refractivity contribution in [2.24, 2.45) is 0 Å². The van der Waals surface area contributed by atoms with E-state index in [0.717, 1.165) is 18.5 Å². The van der Waals surface area contributed by atoms with Crippen LogP contribution in [0.2, 0.25) is 0 Å². The highest BCUT2D eigenvalue weighted by atomic mass is 16.4. The summed E-state index contributed by atoms with van der Waals surface area (Å²) in [5.41, 5.74) is 0.838. The third kappa shape index (κ3) is 3.14. The predicted molar refractivity (Wildman–Crippen MR) is 51.2 cm³/mol. The molecule has 0 saturated heterocycles.